The average molecular weight is 456 g/mol. The summed E-state index contributed by atoms with van der Waals surface area (Å²) >= 11 is 0. The van der Waals surface area contributed by atoms with E-state index in [1.807, 2.05) is 13.0 Å². The molecule has 172 valence electrons. The second-order valence-electron chi connectivity index (χ2n) is 8.91. The predicted octanol–water partition coefficient (Wildman–Crippen LogP) is 4.34. The van der Waals surface area contributed by atoms with Gasteiger partial charge in [-0.05, 0) is 62.1 Å². The van der Waals surface area contributed by atoms with E-state index in [4.69, 9.17) is 0 Å². The molecule has 2 aliphatic heterocycles. The maximum atomic E-state index is 13.6. The summed E-state index contributed by atoms with van der Waals surface area (Å²) in [4.78, 5) is 29.3. The first-order chi connectivity index (χ1) is 15.6. The molecular formula is C24H23F3N4O2. The highest BCUT2D eigenvalue weighted by molar-refractivity contribution is 6.09. The number of aromatic nitrogens is 2. The second kappa shape index (κ2) is 7.33. The lowest BCUT2D eigenvalue weighted by molar-refractivity contribution is -0.151. The highest BCUT2D eigenvalue weighted by Crippen LogP contribution is 2.51. The summed E-state index contributed by atoms with van der Waals surface area (Å²) in [6.07, 6.45) is -2.33. The van der Waals surface area contributed by atoms with Crippen LogP contribution in [0.1, 0.15) is 41.3 Å². The van der Waals surface area contributed by atoms with Crippen LogP contribution in [0.2, 0.25) is 0 Å². The van der Waals surface area contributed by atoms with Crippen LogP contribution in [0.5, 0.6) is 0 Å². The summed E-state index contributed by atoms with van der Waals surface area (Å²) in [6, 6.07) is 8.45. The first kappa shape index (κ1) is 21.5. The van der Waals surface area contributed by atoms with Crippen LogP contribution in [-0.4, -0.2) is 52.2 Å². The minimum atomic E-state index is -4.54. The Morgan fingerprint density at radius 2 is 1.91 bits per heavy atom. The molecule has 1 aromatic heterocycles. The summed E-state index contributed by atoms with van der Waals surface area (Å²) < 4.78 is 40.8. The lowest BCUT2D eigenvalue weighted by Crippen LogP contribution is -2.53. The van der Waals surface area contributed by atoms with E-state index >= 15 is 0 Å². The van der Waals surface area contributed by atoms with Crippen molar-refractivity contribution in [3.8, 4) is 0 Å². The standard InChI is InChI=1S/C24H23F3N4O2/c1-14-4-3-5-19-20(14)23(22(33)31(19)15(2)24(25,26)27)8-10-30(11-9-23)21(32)16-6-7-18-17(12-16)13-28-29-18/h3-7,12-13,15H,8-11H2,1-2H3,(H,28,29). The van der Waals surface area contributed by atoms with Crippen molar-refractivity contribution >= 4 is 28.4 Å². The molecule has 2 aromatic carbocycles. The predicted molar refractivity (Wildman–Crippen MR) is 117 cm³/mol. The normalized spacial score (nSPS) is 18.8. The van der Waals surface area contributed by atoms with E-state index in [0.717, 1.165) is 28.3 Å². The molecule has 2 amide bonds. The number of aryl methyl sites for hydroxylation is 1. The SMILES string of the molecule is Cc1cccc2c1C1(CCN(C(=O)c3ccc4[nH]ncc4c3)CC1)C(=O)N2C(C)C(F)(F)F. The summed E-state index contributed by atoms with van der Waals surface area (Å²) in [5, 5.41) is 7.63. The fourth-order valence-corrected chi connectivity index (χ4v) is 5.27. The van der Waals surface area contributed by atoms with E-state index in [1.54, 1.807) is 41.4 Å². The Kier molecular flexibility index (Phi) is 4.77. The molecule has 5 rings (SSSR count). The van der Waals surface area contributed by atoms with Gasteiger partial charge in [0.15, 0.2) is 0 Å². The molecular weight excluding hydrogens is 433 g/mol. The fourth-order valence-electron chi connectivity index (χ4n) is 5.27. The highest BCUT2D eigenvalue weighted by atomic mass is 19.4. The zero-order valence-corrected chi connectivity index (χ0v) is 18.2. The molecule has 9 heteroatoms. The van der Waals surface area contributed by atoms with E-state index in [2.05, 4.69) is 10.2 Å². The maximum Gasteiger partial charge on any atom is 0.408 e. The Balaban J connectivity index is 1.45. The van der Waals surface area contributed by atoms with Crippen LogP contribution in [0, 0.1) is 6.92 Å². The minimum Gasteiger partial charge on any atom is -0.339 e. The van der Waals surface area contributed by atoms with Gasteiger partial charge < -0.3 is 4.90 Å². The number of anilines is 1. The van der Waals surface area contributed by atoms with E-state index in [1.165, 1.54) is 0 Å². The number of benzene rings is 2. The smallest absolute Gasteiger partial charge is 0.339 e. The highest BCUT2D eigenvalue weighted by Gasteiger charge is 2.57. The van der Waals surface area contributed by atoms with Crippen molar-refractivity contribution < 1.29 is 22.8 Å². The number of hydrogen-bond acceptors (Lipinski definition) is 3. The summed E-state index contributed by atoms with van der Waals surface area (Å²) in [5.41, 5.74) is 2.08. The molecule has 0 radical (unpaired) electrons. The van der Waals surface area contributed by atoms with Gasteiger partial charge in [0.25, 0.3) is 5.91 Å². The van der Waals surface area contributed by atoms with Crippen molar-refractivity contribution in [1.82, 2.24) is 15.1 Å². The fraction of sp³-hybridized carbons (Fsp3) is 0.375. The molecule has 0 aliphatic carbocycles. The molecule has 2 aliphatic rings. The molecule has 1 spiro atoms. The van der Waals surface area contributed by atoms with Crippen molar-refractivity contribution in [1.29, 1.82) is 0 Å². The van der Waals surface area contributed by atoms with Gasteiger partial charge in [-0.15, -0.1) is 0 Å². The van der Waals surface area contributed by atoms with Gasteiger partial charge in [0, 0.05) is 29.7 Å². The number of H-pyrrole nitrogens is 1. The van der Waals surface area contributed by atoms with Crippen LogP contribution in [0.15, 0.2) is 42.6 Å². The van der Waals surface area contributed by atoms with Gasteiger partial charge in [0.05, 0.1) is 17.1 Å². The number of nitrogens with one attached hydrogen (secondary N) is 1. The number of likely N-dealkylation sites (tertiary alicyclic amines) is 1. The molecule has 3 heterocycles. The monoisotopic (exact) mass is 456 g/mol. The van der Waals surface area contributed by atoms with Crippen LogP contribution in [-0.2, 0) is 10.2 Å². The molecule has 1 saturated heterocycles. The molecule has 1 N–H and O–H groups in total. The van der Waals surface area contributed by atoms with E-state index in [9.17, 15) is 22.8 Å². The molecule has 1 unspecified atom stereocenters. The van der Waals surface area contributed by atoms with Crippen molar-refractivity contribution in [2.45, 2.75) is 44.3 Å². The number of alkyl halides is 3. The second-order valence-corrected chi connectivity index (χ2v) is 8.91. The topological polar surface area (TPSA) is 69.3 Å². The van der Waals surface area contributed by atoms with Crippen LogP contribution >= 0.6 is 0 Å². The van der Waals surface area contributed by atoms with Gasteiger partial charge >= 0.3 is 6.18 Å². The number of halogens is 3. The van der Waals surface area contributed by atoms with Crippen molar-refractivity contribution in [2.75, 3.05) is 18.0 Å². The molecule has 33 heavy (non-hydrogen) atoms. The molecule has 1 atom stereocenters. The third kappa shape index (κ3) is 3.20. The number of fused-ring (bicyclic) bond motifs is 3. The Bertz CT molecular complexity index is 1260. The van der Waals surface area contributed by atoms with Crippen molar-refractivity contribution in [2.24, 2.45) is 0 Å². The Morgan fingerprint density at radius 1 is 1.18 bits per heavy atom. The molecule has 0 bridgehead atoms. The zero-order chi connectivity index (χ0) is 23.5. The molecule has 6 nitrogen and oxygen atoms in total. The summed E-state index contributed by atoms with van der Waals surface area (Å²) in [5.74, 6) is -0.688. The van der Waals surface area contributed by atoms with Gasteiger partial charge in [-0.25, -0.2) is 0 Å². The van der Waals surface area contributed by atoms with E-state index in [0.29, 0.717) is 16.8 Å². The van der Waals surface area contributed by atoms with Crippen molar-refractivity contribution in [3.05, 3.63) is 59.3 Å². The number of amides is 2. The van der Waals surface area contributed by atoms with Crippen LogP contribution < -0.4 is 4.90 Å². The van der Waals surface area contributed by atoms with Crippen LogP contribution in [0.3, 0.4) is 0 Å². The number of rotatable bonds is 2. The lowest BCUT2D eigenvalue weighted by atomic mass is 9.72. The number of nitrogens with zero attached hydrogens (tertiary/aromatic N) is 3. The number of hydrogen-bond donors (Lipinski definition) is 1. The van der Waals surface area contributed by atoms with Crippen LogP contribution in [0.4, 0.5) is 18.9 Å². The summed E-state index contributed by atoms with van der Waals surface area (Å²) in [6.45, 7) is 3.42. The maximum absolute atomic E-state index is 13.6. The first-order valence-corrected chi connectivity index (χ1v) is 10.9. The largest absolute Gasteiger partial charge is 0.408 e. The Morgan fingerprint density at radius 3 is 2.61 bits per heavy atom. The molecule has 1 fully saturated rings. The van der Waals surface area contributed by atoms with Gasteiger partial charge in [-0.1, -0.05) is 12.1 Å². The lowest BCUT2D eigenvalue weighted by Gasteiger charge is -2.39. The molecule has 3 aromatic rings. The zero-order valence-electron chi connectivity index (χ0n) is 18.2. The Hall–Kier alpha value is -3.36. The number of carbonyl (C=O) groups is 2. The quantitative estimate of drug-likeness (QED) is 0.624. The third-order valence-electron chi connectivity index (χ3n) is 7.07. The number of aromatic amines is 1. The molecule has 0 saturated carbocycles. The average Bonchev–Trinajstić information content (AvgIpc) is 3.34. The van der Waals surface area contributed by atoms with E-state index in [-0.39, 0.29) is 31.8 Å². The third-order valence-corrected chi connectivity index (χ3v) is 7.07. The van der Waals surface area contributed by atoms with Gasteiger partial charge in [-0.2, -0.15) is 18.3 Å². The summed E-state index contributed by atoms with van der Waals surface area (Å²) in [7, 11) is 0. The first-order valence-electron chi connectivity index (χ1n) is 10.9. The van der Waals surface area contributed by atoms with E-state index < -0.39 is 23.5 Å². The van der Waals surface area contributed by atoms with Crippen molar-refractivity contribution in [3.63, 3.8) is 0 Å². The number of carbonyl (C=O) groups excluding carboxylic acids is 2. The van der Waals surface area contributed by atoms with Gasteiger partial charge in [-0.3, -0.25) is 19.6 Å². The van der Waals surface area contributed by atoms with Gasteiger partial charge in [0.1, 0.15) is 6.04 Å². The minimum absolute atomic E-state index is 0.163. The van der Waals surface area contributed by atoms with Gasteiger partial charge in [0.2, 0.25) is 5.91 Å². The Labute approximate surface area is 188 Å². The number of piperidine rings is 1. The van der Waals surface area contributed by atoms with Crippen LogP contribution in [0.25, 0.3) is 10.9 Å².